The van der Waals surface area contributed by atoms with Crippen LogP contribution in [0.3, 0.4) is 0 Å². The quantitative estimate of drug-likeness (QED) is 0.258. The fourth-order valence-electron chi connectivity index (χ4n) is 5.34. The molecule has 0 aliphatic carbocycles. The zero-order valence-corrected chi connectivity index (χ0v) is 21.4. The number of imidazole rings is 1. The van der Waals surface area contributed by atoms with Crippen LogP contribution >= 0.6 is 12.2 Å². The number of thiocarbonyl (C=S) groups is 1. The van der Waals surface area contributed by atoms with Crippen LogP contribution < -0.4 is 10.1 Å². The first-order valence-corrected chi connectivity index (χ1v) is 12.9. The lowest BCUT2D eigenvalue weighted by atomic mass is 9.97. The maximum absolute atomic E-state index is 6.10. The monoisotopic (exact) mass is 491 g/mol. The third kappa shape index (κ3) is 3.90. The lowest BCUT2D eigenvalue weighted by Gasteiger charge is -2.12. The summed E-state index contributed by atoms with van der Waals surface area (Å²) in [4.78, 5) is 0.733. The highest BCUT2D eigenvalue weighted by atomic mass is 32.1. The van der Waals surface area contributed by atoms with Crippen LogP contribution in [0.1, 0.15) is 29.7 Å². The maximum atomic E-state index is 6.10. The van der Waals surface area contributed by atoms with Crippen molar-refractivity contribution in [3.05, 3.63) is 102 Å². The average molecular weight is 492 g/mol. The smallest absolute Gasteiger partial charge is 0.128 e. The molecule has 0 bridgehead atoms. The van der Waals surface area contributed by atoms with Gasteiger partial charge in [0.2, 0.25) is 0 Å². The minimum atomic E-state index is 0.733. The molecule has 1 aliphatic heterocycles. The molecule has 0 saturated heterocycles. The van der Waals surface area contributed by atoms with Crippen LogP contribution in [-0.4, -0.2) is 21.1 Å². The van der Waals surface area contributed by atoms with Crippen molar-refractivity contribution in [3.8, 4) is 28.1 Å². The van der Waals surface area contributed by atoms with Gasteiger partial charge in [0.15, 0.2) is 0 Å². The van der Waals surface area contributed by atoms with Crippen LogP contribution in [0.15, 0.2) is 85.1 Å². The zero-order valence-electron chi connectivity index (χ0n) is 20.6. The summed E-state index contributed by atoms with van der Waals surface area (Å²) in [6, 6.07) is 27.4. The molecular formula is C31H29N3OS. The Morgan fingerprint density at radius 2 is 1.61 bits per heavy atom. The van der Waals surface area contributed by atoms with Crippen molar-refractivity contribution >= 4 is 28.5 Å². The van der Waals surface area contributed by atoms with E-state index in [1.165, 1.54) is 39.2 Å². The van der Waals surface area contributed by atoms with Gasteiger partial charge in [0.1, 0.15) is 16.4 Å². The third-order valence-electron chi connectivity index (χ3n) is 7.11. The maximum Gasteiger partial charge on any atom is 0.128 e. The largest absolute Gasteiger partial charge is 0.497 e. The number of nitrogens with one attached hydrogen (secondary N) is 1. The summed E-state index contributed by atoms with van der Waals surface area (Å²) >= 11 is 6.10. The predicted octanol–water partition coefficient (Wildman–Crippen LogP) is 7.52. The Kier molecular flexibility index (Phi) is 5.86. The molecule has 3 heterocycles. The van der Waals surface area contributed by atoms with Gasteiger partial charge in [-0.1, -0.05) is 60.2 Å². The summed E-state index contributed by atoms with van der Waals surface area (Å²) in [5, 5.41) is 3.51. The summed E-state index contributed by atoms with van der Waals surface area (Å²) in [5.74, 6) is 0.865. The number of nitrogens with zero attached hydrogens (tertiary/aromatic N) is 2. The fraction of sp³-hybridized carbons (Fsp3) is 0.194. The van der Waals surface area contributed by atoms with E-state index in [2.05, 4.69) is 75.9 Å². The normalized spacial score (nSPS) is 12.9. The molecule has 5 aromatic rings. The second-order valence-electron chi connectivity index (χ2n) is 9.43. The van der Waals surface area contributed by atoms with Crippen molar-refractivity contribution in [2.75, 3.05) is 12.4 Å². The molecule has 3 aromatic carbocycles. The number of para-hydroxylation sites is 1. The van der Waals surface area contributed by atoms with Crippen molar-refractivity contribution in [1.82, 2.24) is 8.97 Å². The topological polar surface area (TPSA) is 30.6 Å². The predicted molar refractivity (Wildman–Crippen MR) is 152 cm³/mol. The van der Waals surface area contributed by atoms with E-state index < -0.39 is 0 Å². The lowest BCUT2D eigenvalue weighted by molar-refractivity contribution is 0.415. The Morgan fingerprint density at radius 3 is 2.33 bits per heavy atom. The first kappa shape index (κ1) is 22.6. The summed E-state index contributed by atoms with van der Waals surface area (Å²) in [6.45, 7) is 3.12. The number of methoxy groups -OCH3 is 1. The van der Waals surface area contributed by atoms with Gasteiger partial charge in [0, 0.05) is 29.6 Å². The van der Waals surface area contributed by atoms with Crippen LogP contribution in [-0.2, 0) is 13.0 Å². The van der Waals surface area contributed by atoms with Gasteiger partial charge < -0.3 is 14.6 Å². The van der Waals surface area contributed by atoms with Crippen molar-refractivity contribution in [3.63, 3.8) is 0 Å². The number of aryl methyl sites for hydroxylation is 3. The number of ether oxygens (including phenoxy) is 1. The minimum absolute atomic E-state index is 0.733. The summed E-state index contributed by atoms with van der Waals surface area (Å²) in [5.41, 5.74) is 10.8. The second-order valence-corrected chi connectivity index (χ2v) is 9.84. The van der Waals surface area contributed by atoms with Gasteiger partial charge in [-0.3, -0.25) is 4.40 Å². The zero-order chi connectivity index (χ0) is 24.6. The summed E-state index contributed by atoms with van der Waals surface area (Å²) in [6.07, 6.45) is 5.60. The molecule has 5 heteroatoms. The van der Waals surface area contributed by atoms with Gasteiger partial charge >= 0.3 is 0 Å². The minimum Gasteiger partial charge on any atom is -0.497 e. The van der Waals surface area contributed by atoms with E-state index in [1.54, 1.807) is 7.11 Å². The van der Waals surface area contributed by atoms with Gasteiger partial charge in [-0.25, -0.2) is 0 Å². The third-order valence-corrected chi connectivity index (χ3v) is 7.40. The van der Waals surface area contributed by atoms with E-state index >= 15 is 0 Å². The second kappa shape index (κ2) is 9.32. The number of benzene rings is 3. The van der Waals surface area contributed by atoms with Crippen LogP contribution in [0.5, 0.6) is 5.75 Å². The number of hydrogen-bond acceptors (Lipinski definition) is 2. The van der Waals surface area contributed by atoms with Gasteiger partial charge in [-0.15, -0.1) is 0 Å². The molecule has 0 radical (unpaired) electrons. The molecule has 0 atom stereocenters. The molecule has 180 valence electrons. The molecule has 1 N–H and O–H groups in total. The van der Waals surface area contributed by atoms with Crippen molar-refractivity contribution in [2.24, 2.45) is 0 Å². The highest BCUT2D eigenvalue weighted by Gasteiger charge is 2.28. The van der Waals surface area contributed by atoms with E-state index in [-0.39, 0.29) is 0 Å². The van der Waals surface area contributed by atoms with Crippen molar-refractivity contribution in [1.29, 1.82) is 0 Å². The first-order valence-electron chi connectivity index (χ1n) is 12.5. The summed E-state index contributed by atoms with van der Waals surface area (Å²) in [7, 11) is 1.70. The van der Waals surface area contributed by atoms with Crippen LogP contribution in [0.2, 0.25) is 0 Å². The molecule has 0 unspecified atom stereocenters. The Balaban J connectivity index is 1.60. The van der Waals surface area contributed by atoms with Gasteiger partial charge in [-0.2, -0.15) is 0 Å². The Morgan fingerprint density at radius 1 is 0.889 bits per heavy atom. The van der Waals surface area contributed by atoms with Gasteiger partial charge in [0.05, 0.1) is 18.5 Å². The van der Waals surface area contributed by atoms with Gasteiger partial charge in [0.25, 0.3) is 0 Å². The van der Waals surface area contributed by atoms with Crippen molar-refractivity contribution in [2.45, 2.75) is 32.7 Å². The molecule has 0 saturated carbocycles. The van der Waals surface area contributed by atoms with Crippen LogP contribution in [0.25, 0.3) is 28.0 Å². The Labute approximate surface area is 217 Å². The first-order chi connectivity index (χ1) is 17.6. The van der Waals surface area contributed by atoms with E-state index in [0.29, 0.717) is 0 Å². The Bertz CT molecular complexity index is 1540. The molecule has 0 fully saturated rings. The molecule has 6 rings (SSSR count). The average Bonchev–Trinajstić information content (AvgIpc) is 3.32. The molecule has 1 aliphatic rings. The highest BCUT2D eigenvalue weighted by molar-refractivity contribution is 7.81. The molecule has 4 nitrogen and oxygen atoms in total. The highest BCUT2D eigenvalue weighted by Crippen LogP contribution is 2.40. The van der Waals surface area contributed by atoms with Crippen LogP contribution in [0, 0.1) is 6.92 Å². The fourth-order valence-corrected chi connectivity index (χ4v) is 5.66. The molecule has 0 spiro atoms. The molecular weight excluding hydrogens is 462 g/mol. The molecule has 0 amide bonds. The molecule has 2 aromatic heterocycles. The van der Waals surface area contributed by atoms with Crippen molar-refractivity contribution < 1.29 is 4.74 Å². The lowest BCUT2D eigenvalue weighted by Crippen LogP contribution is -2.14. The number of anilines is 1. The summed E-state index contributed by atoms with van der Waals surface area (Å²) < 4.78 is 10.2. The SMILES string of the molecule is COc1ccc(-c2cn3c(C(=S)Nc4ccccc4)c(-c4ccc(C)cc4)c4c3n2CCCC4)cc1. The van der Waals surface area contributed by atoms with Gasteiger partial charge in [-0.05, 0) is 73.7 Å². The standard InChI is InChI=1S/C31H29N3OS/c1-21-11-13-23(14-12-21)28-26-10-6-7-19-33-27(22-15-17-25(35-2)18-16-22)20-34(31(26)33)29(28)30(36)32-24-8-4-3-5-9-24/h3-5,8-9,11-18,20H,6-7,10,19H2,1-2H3,(H,32,36). The van der Waals surface area contributed by atoms with Crippen LogP contribution in [0.4, 0.5) is 5.69 Å². The van der Waals surface area contributed by atoms with E-state index in [1.807, 2.05) is 30.3 Å². The molecule has 36 heavy (non-hydrogen) atoms. The van der Waals surface area contributed by atoms with E-state index in [0.717, 1.165) is 47.9 Å². The van der Waals surface area contributed by atoms with E-state index in [4.69, 9.17) is 17.0 Å². The number of hydrogen-bond donors (Lipinski definition) is 1. The van der Waals surface area contributed by atoms with E-state index in [9.17, 15) is 0 Å². The number of rotatable bonds is 5. The number of aromatic nitrogens is 2. The Hall–Kier alpha value is -3.83.